The largest absolute Gasteiger partial charge is 0.369 e. The Morgan fingerprint density at radius 2 is 2.38 bits per heavy atom. The zero-order valence-corrected chi connectivity index (χ0v) is 8.08. The van der Waals surface area contributed by atoms with Gasteiger partial charge in [-0.25, -0.2) is 9.97 Å². The summed E-state index contributed by atoms with van der Waals surface area (Å²) in [7, 11) is 0. The number of aromatic nitrogens is 3. The van der Waals surface area contributed by atoms with E-state index in [-0.39, 0.29) is 0 Å². The molecule has 68 valence electrons. The number of imidazole rings is 1. The highest BCUT2D eigenvalue weighted by molar-refractivity contribution is 7.11. The van der Waals surface area contributed by atoms with Crippen molar-refractivity contribution in [3.05, 3.63) is 28.5 Å². The lowest BCUT2D eigenvalue weighted by Crippen LogP contribution is -2.02. The summed E-state index contributed by atoms with van der Waals surface area (Å²) in [6.45, 7) is 2.75. The molecule has 2 rings (SSSR count). The molecule has 2 aromatic rings. The molecule has 0 spiro atoms. The van der Waals surface area contributed by atoms with Crippen molar-refractivity contribution in [1.29, 1.82) is 0 Å². The molecule has 2 N–H and O–H groups in total. The third kappa shape index (κ3) is 1.70. The van der Waals surface area contributed by atoms with Gasteiger partial charge in [0.25, 0.3) is 0 Å². The fraction of sp³-hybridized carbons (Fsp3) is 0.250. The lowest BCUT2D eigenvalue weighted by atomic mass is 10.6. The van der Waals surface area contributed by atoms with Gasteiger partial charge < -0.3 is 10.3 Å². The number of nitrogens with zero attached hydrogens (tertiary/aromatic N) is 3. The fourth-order valence-electron chi connectivity index (χ4n) is 1.09. The van der Waals surface area contributed by atoms with Crippen molar-refractivity contribution in [2.75, 3.05) is 5.73 Å². The van der Waals surface area contributed by atoms with Crippen LogP contribution >= 0.6 is 11.3 Å². The smallest absolute Gasteiger partial charge is 0.200 e. The SMILES string of the molecule is Cc1cnc(Cn2ccnc2N)s1. The van der Waals surface area contributed by atoms with E-state index in [9.17, 15) is 0 Å². The van der Waals surface area contributed by atoms with Crippen LogP contribution in [0.4, 0.5) is 5.95 Å². The molecule has 0 fully saturated rings. The van der Waals surface area contributed by atoms with E-state index in [1.807, 2.05) is 23.9 Å². The minimum Gasteiger partial charge on any atom is -0.369 e. The number of anilines is 1. The second-order valence-corrected chi connectivity index (χ2v) is 4.10. The van der Waals surface area contributed by atoms with Crippen molar-refractivity contribution in [3.63, 3.8) is 0 Å². The summed E-state index contributed by atoms with van der Waals surface area (Å²) in [6.07, 6.45) is 5.41. The van der Waals surface area contributed by atoms with Gasteiger partial charge in [0.2, 0.25) is 0 Å². The first-order valence-electron chi connectivity index (χ1n) is 3.93. The van der Waals surface area contributed by atoms with Gasteiger partial charge in [-0.15, -0.1) is 11.3 Å². The number of nitrogens with two attached hydrogens (primary N) is 1. The maximum absolute atomic E-state index is 5.62. The minimum absolute atomic E-state index is 0.535. The molecule has 2 heterocycles. The van der Waals surface area contributed by atoms with Crippen LogP contribution in [0.25, 0.3) is 0 Å². The second kappa shape index (κ2) is 3.18. The van der Waals surface area contributed by atoms with Crippen LogP contribution in [-0.4, -0.2) is 14.5 Å². The molecule has 0 aromatic carbocycles. The van der Waals surface area contributed by atoms with Gasteiger partial charge in [-0.05, 0) is 6.92 Å². The standard InChI is InChI=1S/C8H10N4S/c1-6-4-11-7(13-6)5-12-3-2-10-8(12)9/h2-4H,5H2,1H3,(H2,9,10). The van der Waals surface area contributed by atoms with E-state index in [0.29, 0.717) is 12.5 Å². The van der Waals surface area contributed by atoms with Crippen LogP contribution in [-0.2, 0) is 6.54 Å². The Balaban J connectivity index is 2.19. The van der Waals surface area contributed by atoms with E-state index in [1.54, 1.807) is 17.5 Å². The predicted octanol–water partition coefficient (Wildman–Crippen LogP) is 1.28. The molecule has 2 aromatic heterocycles. The van der Waals surface area contributed by atoms with Crippen molar-refractivity contribution in [2.45, 2.75) is 13.5 Å². The molecule has 4 nitrogen and oxygen atoms in total. The quantitative estimate of drug-likeness (QED) is 0.783. The lowest BCUT2D eigenvalue weighted by Gasteiger charge is -1.99. The van der Waals surface area contributed by atoms with Gasteiger partial charge in [0.1, 0.15) is 5.01 Å². The summed E-state index contributed by atoms with van der Waals surface area (Å²) in [5.41, 5.74) is 5.62. The van der Waals surface area contributed by atoms with E-state index in [4.69, 9.17) is 5.73 Å². The zero-order valence-electron chi connectivity index (χ0n) is 7.27. The van der Waals surface area contributed by atoms with Crippen LogP contribution < -0.4 is 5.73 Å². The summed E-state index contributed by atoms with van der Waals surface area (Å²) in [5.74, 6) is 0.535. The Kier molecular flexibility index (Phi) is 2.02. The van der Waals surface area contributed by atoms with Gasteiger partial charge in [-0.3, -0.25) is 0 Å². The Morgan fingerprint density at radius 1 is 1.54 bits per heavy atom. The molecular formula is C8H10N4S. The Labute approximate surface area is 80.1 Å². The molecule has 0 unspecified atom stereocenters. The first-order chi connectivity index (χ1) is 6.25. The maximum atomic E-state index is 5.62. The van der Waals surface area contributed by atoms with Crippen LogP contribution in [0.3, 0.4) is 0 Å². The molecule has 13 heavy (non-hydrogen) atoms. The molecule has 0 saturated carbocycles. The van der Waals surface area contributed by atoms with Gasteiger partial charge >= 0.3 is 0 Å². The van der Waals surface area contributed by atoms with E-state index < -0.39 is 0 Å². The van der Waals surface area contributed by atoms with Crippen molar-refractivity contribution < 1.29 is 0 Å². The molecule has 0 aliphatic heterocycles. The van der Waals surface area contributed by atoms with Gasteiger partial charge in [0.05, 0.1) is 6.54 Å². The summed E-state index contributed by atoms with van der Waals surface area (Å²) in [5, 5.41) is 1.06. The van der Waals surface area contributed by atoms with E-state index >= 15 is 0 Å². The fourth-order valence-corrected chi connectivity index (χ4v) is 1.88. The normalized spacial score (nSPS) is 10.5. The zero-order chi connectivity index (χ0) is 9.26. The summed E-state index contributed by atoms with van der Waals surface area (Å²) < 4.78 is 1.87. The van der Waals surface area contributed by atoms with Crippen molar-refractivity contribution in [2.24, 2.45) is 0 Å². The molecule has 0 amide bonds. The Morgan fingerprint density at radius 3 is 2.92 bits per heavy atom. The first-order valence-corrected chi connectivity index (χ1v) is 4.75. The first kappa shape index (κ1) is 8.25. The van der Waals surface area contributed by atoms with E-state index in [0.717, 1.165) is 5.01 Å². The van der Waals surface area contributed by atoms with Crippen LogP contribution in [0.15, 0.2) is 18.6 Å². The van der Waals surface area contributed by atoms with Gasteiger partial charge in [0, 0.05) is 23.5 Å². The predicted molar refractivity (Wildman–Crippen MR) is 52.6 cm³/mol. The minimum atomic E-state index is 0.535. The van der Waals surface area contributed by atoms with Crippen molar-refractivity contribution in [3.8, 4) is 0 Å². The average molecular weight is 194 g/mol. The Bertz CT molecular complexity index is 404. The number of hydrogen-bond donors (Lipinski definition) is 1. The van der Waals surface area contributed by atoms with Crippen molar-refractivity contribution >= 4 is 17.3 Å². The van der Waals surface area contributed by atoms with E-state index in [1.165, 1.54) is 4.88 Å². The number of nitrogen functional groups attached to an aromatic ring is 1. The number of thiazole rings is 1. The highest BCUT2D eigenvalue weighted by Gasteiger charge is 2.02. The molecule has 0 bridgehead atoms. The third-order valence-electron chi connectivity index (χ3n) is 1.72. The average Bonchev–Trinajstić information content (AvgIpc) is 2.64. The molecular weight excluding hydrogens is 184 g/mol. The molecule has 0 radical (unpaired) electrons. The number of rotatable bonds is 2. The molecule has 0 saturated heterocycles. The van der Waals surface area contributed by atoms with Crippen LogP contribution in [0.5, 0.6) is 0 Å². The molecule has 5 heteroatoms. The lowest BCUT2D eigenvalue weighted by molar-refractivity contribution is 0.803. The number of aryl methyl sites for hydroxylation is 1. The van der Waals surface area contributed by atoms with E-state index in [2.05, 4.69) is 9.97 Å². The topological polar surface area (TPSA) is 56.7 Å². The second-order valence-electron chi connectivity index (χ2n) is 2.78. The summed E-state index contributed by atoms with van der Waals surface area (Å²) in [6, 6.07) is 0. The van der Waals surface area contributed by atoms with Gasteiger partial charge in [-0.2, -0.15) is 0 Å². The highest BCUT2D eigenvalue weighted by Crippen LogP contribution is 2.13. The molecule has 0 aliphatic rings. The monoisotopic (exact) mass is 194 g/mol. The van der Waals surface area contributed by atoms with Crippen LogP contribution in [0, 0.1) is 6.92 Å². The third-order valence-corrected chi connectivity index (χ3v) is 2.62. The highest BCUT2D eigenvalue weighted by atomic mass is 32.1. The Hall–Kier alpha value is -1.36. The number of hydrogen-bond acceptors (Lipinski definition) is 4. The maximum Gasteiger partial charge on any atom is 0.200 e. The summed E-state index contributed by atoms with van der Waals surface area (Å²) >= 11 is 1.68. The van der Waals surface area contributed by atoms with Gasteiger partial charge in [0.15, 0.2) is 5.95 Å². The van der Waals surface area contributed by atoms with Crippen LogP contribution in [0.2, 0.25) is 0 Å². The summed E-state index contributed by atoms with van der Waals surface area (Å²) in [4.78, 5) is 9.40. The van der Waals surface area contributed by atoms with Crippen LogP contribution in [0.1, 0.15) is 9.88 Å². The molecule has 0 aliphatic carbocycles. The van der Waals surface area contributed by atoms with Gasteiger partial charge in [-0.1, -0.05) is 0 Å². The van der Waals surface area contributed by atoms with Crippen molar-refractivity contribution in [1.82, 2.24) is 14.5 Å². The molecule has 0 atom stereocenters.